The van der Waals surface area contributed by atoms with Gasteiger partial charge in [-0.1, -0.05) is 26.5 Å². The van der Waals surface area contributed by atoms with Crippen LogP contribution in [0.1, 0.15) is 59.8 Å². The fourth-order valence-corrected chi connectivity index (χ4v) is 6.81. The average molecular weight is 549 g/mol. The first kappa shape index (κ1) is 26.9. The van der Waals surface area contributed by atoms with Gasteiger partial charge < -0.3 is 15.2 Å². The van der Waals surface area contributed by atoms with Crippen LogP contribution in [0.2, 0.25) is 0 Å². The molecule has 0 unspecified atom stereocenters. The molecule has 1 saturated carbocycles. The van der Waals surface area contributed by atoms with Crippen molar-refractivity contribution in [3.05, 3.63) is 105 Å². The Morgan fingerprint density at radius 3 is 2.59 bits per heavy atom. The number of hydrogen-bond acceptors (Lipinski definition) is 7. The number of allylic oxidation sites excluding steroid dienone is 12. The first-order valence-corrected chi connectivity index (χ1v) is 14.4. The van der Waals surface area contributed by atoms with E-state index < -0.39 is 0 Å². The standard InChI is InChI=1S/C34H36N4O3/c1-7-20-17(3)26-13-27-19(5)23(11-12-32(40)41-6)34(37-27)24-10-9-22-18(4)28(38-33(22)24)14-30-21(8-2)25(16-39)31(36-30)15-29(20)35-26/h7,13-16,19,23,37,39H,1,8-12H2,2-6H3/b25-16+,27-13?,28-14?,29-15?,34-24?/t19-,23-/m0/s1. The second kappa shape index (κ2) is 10.3. The van der Waals surface area contributed by atoms with Crippen molar-refractivity contribution >= 4 is 23.1 Å². The number of carbonyl (C=O) groups excluding carboxylic acids is 1. The molecule has 7 heteroatoms. The van der Waals surface area contributed by atoms with Gasteiger partial charge >= 0.3 is 5.97 Å². The second-order valence-electron chi connectivity index (χ2n) is 11.2. The minimum absolute atomic E-state index is 0.134. The normalized spacial score (nSPS) is 25.8. The first-order chi connectivity index (χ1) is 19.8. The highest BCUT2D eigenvalue weighted by molar-refractivity contribution is 6.19. The molecule has 210 valence electrons. The molecular formula is C34H36N4O3. The molecule has 2 atom stereocenters. The highest BCUT2D eigenvalue weighted by atomic mass is 16.5. The molecule has 6 aliphatic rings. The number of aliphatic imine (C=N–C) groups is 3. The fraction of sp³-hybridized carbons (Fsp3) is 0.353. The van der Waals surface area contributed by atoms with Crippen LogP contribution in [0.3, 0.4) is 0 Å². The van der Waals surface area contributed by atoms with Crippen LogP contribution in [0.5, 0.6) is 0 Å². The molecular weight excluding hydrogens is 512 g/mol. The van der Waals surface area contributed by atoms with E-state index in [2.05, 4.69) is 51.7 Å². The van der Waals surface area contributed by atoms with Gasteiger partial charge in [0.05, 0.1) is 47.6 Å². The Morgan fingerprint density at radius 2 is 1.88 bits per heavy atom. The van der Waals surface area contributed by atoms with Crippen molar-refractivity contribution in [2.75, 3.05) is 7.11 Å². The Bertz CT molecular complexity index is 1650. The van der Waals surface area contributed by atoms with E-state index in [0.29, 0.717) is 24.1 Å². The summed E-state index contributed by atoms with van der Waals surface area (Å²) in [6.45, 7) is 12.6. The van der Waals surface area contributed by atoms with Gasteiger partial charge in [-0.15, -0.1) is 0 Å². The summed E-state index contributed by atoms with van der Waals surface area (Å²) in [5.41, 5.74) is 14.7. The van der Waals surface area contributed by atoms with E-state index in [1.807, 2.05) is 12.2 Å². The number of ether oxygens (including phenoxy) is 1. The van der Waals surface area contributed by atoms with E-state index >= 15 is 0 Å². The highest BCUT2D eigenvalue weighted by Crippen LogP contribution is 2.46. The average Bonchev–Trinajstić information content (AvgIpc) is 3.74. The Hall–Kier alpha value is -4.26. The number of methoxy groups -OCH3 is 1. The molecule has 0 aromatic rings. The van der Waals surface area contributed by atoms with Crippen LogP contribution in [0.4, 0.5) is 0 Å². The van der Waals surface area contributed by atoms with E-state index in [-0.39, 0.29) is 17.8 Å². The summed E-state index contributed by atoms with van der Waals surface area (Å²) in [5.74, 6) is 0.0942. The van der Waals surface area contributed by atoms with E-state index in [1.54, 1.807) is 0 Å². The minimum Gasteiger partial charge on any atom is -0.515 e. The molecule has 0 amide bonds. The molecule has 1 aliphatic carbocycles. The predicted molar refractivity (Wildman–Crippen MR) is 163 cm³/mol. The summed E-state index contributed by atoms with van der Waals surface area (Å²) in [4.78, 5) is 27.3. The topological polar surface area (TPSA) is 95.6 Å². The number of fused-ring (bicyclic) bond motifs is 5. The van der Waals surface area contributed by atoms with Crippen LogP contribution >= 0.6 is 0 Å². The molecule has 6 rings (SSSR count). The third kappa shape index (κ3) is 4.26. The van der Waals surface area contributed by atoms with Crippen LogP contribution < -0.4 is 5.32 Å². The fourth-order valence-electron chi connectivity index (χ4n) is 6.81. The maximum Gasteiger partial charge on any atom is 0.305 e. The van der Waals surface area contributed by atoms with Gasteiger partial charge in [-0.2, -0.15) is 0 Å². The third-order valence-electron chi connectivity index (χ3n) is 9.20. The summed E-state index contributed by atoms with van der Waals surface area (Å²) in [5, 5.41) is 14.0. The van der Waals surface area contributed by atoms with Crippen molar-refractivity contribution in [1.82, 2.24) is 5.32 Å². The quantitative estimate of drug-likeness (QED) is 0.292. The van der Waals surface area contributed by atoms with Gasteiger partial charge in [0.25, 0.3) is 0 Å². The van der Waals surface area contributed by atoms with Crippen LogP contribution in [0, 0.1) is 11.8 Å². The van der Waals surface area contributed by atoms with Crippen molar-refractivity contribution in [1.29, 1.82) is 0 Å². The predicted octanol–water partition coefficient (Wildman–Crippen LogP) is 6.80. The molecule has 1 saturated heterocycles. The van der Waals surface area contributed by atoms with Crippen molar-refractivity contribution in [3.63, 3.8) is 0 Å². The molecule has 0 spiro atoms. The van der Waals surface area contributed by atoms with Gasteiger partial charge in [-0.3, -0.25) is 4.79 Å². The van der Waals surface area contributed by atoms with Crippen LogP contribution in [0.15, 0.2) is 120 Å². The van der Waals surface area contributed by atoms with Crippen LogP contribution in [-0.4, -0.2) is 35.3 Å². The lowest BCUT2D eigenvalue weighted by Crippen LogP contribution is -2.15. The van der Waals surface area contributed by atoms with E-state index in [1.165, 1.54) is 23.8 Å². The zero-order chi connectivity index (χ0) is 29.0. The molecule has 2 N–H and O–H groups in total. The van der Waals surface area contributed by atoms with Gasteiger partial charge in [0.15, 0.2) is 0 Å². The number of aliphatic hydroxyl groups is 1. The number of nitrogens with one attached hydrogen (secondary N) is 1. The minimum atomic E-state index is -0.194. The first-order valence-electron chi connectivity index (χ1n) is 14.4. The van der Waals surface area contributed by atoms with Crippen LogP contribution in [-0.2, 0) is 9.53 Å². The zero-order valence-corrected chi connectivity index (χ0v) is 24.4. The molecule has 8 bridgehead atoms. The number of hydrogen-bond donors (Lipinski definition) is 2. The molecule has 7 nitrogen and oxygen atoms in total. The Kier molecular flexibility index (Phi) is 6.76. The third-order valence-corrected chi connectivity index (χ3v) is 9.20. The Labute approximate surface area is 241 Å². The Balaban J connectivity index is 1.59. The SMILES string of the molecule is C=CC1=C(C)C2=NC1=CC1=NC(=C(CC)/C1=C\O)C=C1N=C3C(=C1C)CCC3=C1NC(=C2)[C@@H](C)[C@@H]1CCC(=O)OC. The summed E-state index contributed by atoms with van der Waals surface area (Å²) in [6, 6.07) is 0. The zero-order valence-electron chi connectivity index (χ0n) is 24.4. The molecule has 0 radical (unpaired) electrons. The van der Waals surface area contributed by atoms with Gasteiger partial charge in [0.2, 0.25) is 0 Å². The van der Waals surface area contributed by atoms with Gasteiger partial charge in [0.1, 0.15) is 0 Å². The van der Waals surface area contributed by atoms with Crippen molar-refractivity contribution < 1.29 is 14.6 Å². The number of nitrogens with zero attached hydrogens (tertiary/aromatic N) is 3. The lowest BCUT2D eigenvalue weighted by molar-refractivity contribution is -0.140. The monoisotopic (exact) mass is 548 g/mol. The molecule has 5 aliphatic heterocycles. The summed E-state index contributed by atoms with van der Waals surface area (Å²) >= 11 is 0. The van der Waals surface area contributed by atoms with Crippen molar-refractivity contribution in [2.24, 2.45) is 26.8 Å². The molecule has 41 heavy (non-hydrogen) atoms. The molecule has 0 aromatic heterocycles. The number of aliphatic hydroxyl groups excluding tert-OH is 1. The lowest BCUT2D eigenvalue weighted by Gasteiger charge is -2.17. The number of esters is 1. The Morgan fingerprint density at radius 1 is 1.10 bits per heavy atom. The van der Waals surface area contributed by atoms with E-state index in [4.69, 9.17) is 19.7 Å². The highest BCUT2D eigenvalue weighted by Gasteiger charge is 2.40. The van der Waals surface area contributed by atoms with Gasteiger partial charge in [0, 0.05) is 40.8 Å². The van der Waals surface area contributed by atoms with Crippen molar-refractivity contribution in [3.8, 4) is 0 Å². The van der Waals surface area contributed by atoms with E-state index in [9.17, 15) is 9.90 Å². The maximum absolute atomic E-state index is 12.2. The number of carbonyl (C=O) groups is 1. The maximum atomic E-state index is 12.2. The lowest BCUT2D eigenvalue weighted by atomic mass is 9.86. The van der Waals surface area contributed by atoms with E-state index in [0.717, 1.165) is 82.2 Å². The number of rotatable bonds is 5. The largest absolute Gasteiger partial charge is 0.515 e. The summed E-state index contributed by atoms with van der Waals surface area (Å²) < 4.78 is 4.99. The molecule has 5 heterocycles. The van der Waals surface area contributed by atoms with Gasteiger partial charge in [-0.05, 0) is 85.6 Å². The van der Waals surface area contributed by atoms with Gasteiger partial charge in [-0.25, -0.2) is 15.0 Å². The summed E-state index contributed by atoms with van der Waals surface area (Å²) in [6.07, 6.45) is 12.7. The van der Waals surface area contributed by atoms with Crippen molar-refractivity contribution in [2.45, 2.75) is 59.8 Å². The van der Waals surface area contributed by atoms with Crippen LogP contribution in [0.25, 0.3) is 0 Å². The second-order valence-corrected chi connectivity index (χ2v) is 11.2. The molecule has 0 aromatic carbocycles. The molecule has 2 fully saturated rings. The summed E-state index contributed by atoms with van der Waals surface area (Å²) in [7, 11) is 1.44. The smallest absolute Gasteiger partial charge is 0.305 e.